The van der Waals surface area contributed by atoms with Crippen LogP contribution in [0.4, 0.5) is 0 Å². The molecule has 8 heteroatoms. The summed E-state index contributed by atoms with van der Waals surface area (Å²) in [5.74, 6) is 2.60. The fraction of sp³-hybridized carbons (Fsp3) is 0.500. The van der Waals surface area contributed by atoms with Crippen molar-refractivity contribution in [2.75, 3.05) is 39.9 Å². The van der Waals surface area contributed by atoms with E-state index in [4.69, 9.17) is 14.0 Å². The zero-order chi connectivity index (χ0) is 25.8. The molecule has 36 heavy (non-hydrogen) atoms. The third-order valence-electron chi connectivity index (χ3n) is 6.79. The second kappa shape index (κ2) is 11.0. The maximum atomic E-state index is 11.1. The molecular formula is C28H38N4O4. The van der Waals surface area contributed by atoms with Gasteiger partial charge in [-0.1, -0.05) is 50.2 Å². The van der Waals surface area contributed by atoms with Crippen LogP contribution in [0.1, 0.15) is 45.5 Å². The van der Waals surface area contributed by atoms with Crippen LogP contribution in [0.25, 0.3) is 11.5 Å². The lowest BCUT2D eigenvalue weighted by atomic mass is 9.87. The van der Waals surface area contributed by atoms with Gasteiger partial charge in [0, 0.05) is 38.2 Å². The molecule has 0 amide bonds. The van der Waals surface area contributed by atoms with Crippen molar-refractivity contribution in [1.82, 2.24) is 19.9 Å². The van der Waals surface area contributed by atoms with E-state index in [2.05, 4.69) is 52.8 Å². The highest BCUT2D eigenvalue weighted by Crippen LogP contribution is 2.28. The number of rotatable bonds is 9. The maximum absolute atomic E-state index is 11.1. The molecule has 194 valence electrons. The number of aliphatic hydroxyl groups is 1. The monoisotopic (exact) mass is 494 g/mol. The predicted octanol–water partition coefficient (Wildman–Crippen LogP) is 4.34. The van der Waals surface area contributed by atoms with Gasteiger partial charge in [-0.3, -0.25) is 9.80 Å². The van der Waals surface area contributed by atoms with Crippen LogP contribution in [0.2, 0.25) is 0 Å². The summed E-state index contributed by atoms with van der Waals surface area (Å²) in [6.45, 7) is 12.6. The molecule has 0 aliphatic carbocycles. The van der Waals surface area contributed by atoms with Crippen molar-refractivity contribution in [2.45, 2.75) is 51.8 Å². The van der Waals surface area contributed by atoms with Gasteiger partial charge in [0.05, 0.1) is 20.3 Å². The smallest absolute Gasteiger partial charge is 0.257 e. The van der Waals surface area contributed by atoms with E-state index in [1.807, 2.05) is 43.3 Å². The number of benzene rings is 2. The summed E-state index contributed by atoms with van der Waals surface area (Å²) in [5, 5.41) is 15.3. The lowest BCUT2D eigenvalue weighted by molar-refractivity contribution is -0.121. The van der Waals surface area contributed by atoms with Crippen molar-refractivity contribution < 1.29 is 19.1 Å². The quantitative estimate of drug-likeness (QED) is 0.470. The number of hydrogen-bond donors (Lipinski definition) is 1. The first-order valence-electron chi connectivity index (χ1n) is 12.5. The summed E-state index contributed by atoms with van der Waals surface area (Å²) in [4.78, 5) is 9.00. The first kappa shape index (κ1) is 26.1. The number of hydrogen-bond acceptors (Lipinski definition) is 8. The van der Waals surface area contributed by atoms with Gasteiger partial charge in [-0.2, -0.15) is 4.98 Å². The molecule has 1 aromatic heterocycles. The summed E-state index contributed by atoms with van der Waals surface area (Å²) in [7, 11) is 1.62. The molecule has 1 unspecified atom stereocenters. The Kier molecular flexibility index (Phi) is 7.97. The van der Waals surface area contributed by atoms with Gasteiger partial charge >= 0.3 is 0 Å². The molecule has 3 aromatic rings. The van der Waals surface area contributed by atoms with E-state index < -0.39 is 5.72 Å². The molecule has 2 heterocycles. The van der Waals surface area contributed by atoms with E-state index in [0.29, 0.717) is 42.8 Å². The first-order valence-corrected chi connectivity index (χ1v) is 12.5. The number of nitrogens with zero attached hydrogens (tertiary/aromatic N) is 4. The van der Waals surface area contributed by atoms with Gasteiger partial charge in [-0.15, -0.1) is 0 Å². The molecule has 2 aromatic carbocycles. The van der Waals surface area contributed by atoms with Crippen molar-refractivity contribution in [3.05, 3.63) is 59.9 Å². The largest absolute Gasteiger partial charge is 0.493 e. The molecule has 0 radical (unpaired) electrons. The highest BCUT2D eigenvalue weighted by molar-refractivity contribution is 5.53. The standard InChI is InChI=1S/C28H38N4O4/c1-27(2,3)22-12-10-21(11-13-22)26-29-25(30-36-26)20-31-15-17-32(18-16-31)28(4,33)14-19-35-24-9-7-6-8-23(24)34-5/h6-13,33H,14-20H2,1-5H3. The molecular weight excluding hydrogens is 456 g/mol. The molecule has 0 saturated carbocycles. The fourth-order valence-electron chi connectivity index (χ4n) is 4.39. The minimum atomic E-state index is -0.952. The normalized spacial score (nSPS) is 17.1. The molecule has 1 fully saturated rings. The Morgan fingerprint density at radius 3 is 2.25 bits per heavy atom. The average Bonchev–Trinajstić information content (AvgIpc) is 3.32. The Morgan fingerprint density at radius 2 is 1.61 bits per heavy atom. The number of methoxy groups -OCH3 is 1. The van der Waals surface area contributed by atoms with Gasteiger partial charge in [-0.05, 0) is 42.2 Å². The van der Waals surface area contributed by atoms with E-state index in [1.54, 1.807) is 7.11 Å². The van der Waals surface area contributed by atoms with Crippen LogP contribution in [-0.4, -0.2) is 70.7 Å². The molecule has 1 saturated heterocycles. The molecule has 1 N–H and O–H groups in total. The predicted molar refractivity (Wildman–Crippen MR) is 139 cm³/mol. The SMILES string of the molecule is COc1ccccc1OCCC(C)(O)N1CCN(Cc2noc(-c3ccc(C(C)(C)C)cc3)n2)CC1. The average molecular weight is 495 g/mol. The minimum absolute atomic E-state index is 0.105. The maximum Gasteiger partial charge on any atom is 0.257 e. The molecule has 1 aliphatic rings. The molecule has 1 atom stereocenters. The van der Waals surface area contributed by atoms with Gasteiger partial charge in [0.25, 0.3) is 5.89 Å². The third kappa shape index (κ3) is 6.43. The van der Waals surface area contributed by atoms with Gasteiger partial charge in [0.1, 0.15) is 5.72 Å². The zero-order valence-corrected chi connectivity index (χ0v) is 22.0. The van der Waals surface area contributed by atoms with Crippen molar-refractivity contribution in [2.24, 2.45) is 0 Å². The van der Waals surface area contributed by atoms with Gasteiger partial charge in [0.2, 0.25) is 0 Å². The highest BCUT2D eigenvalue weighted by Gasteiger charge is 2.32. The van der Waals surface area contributed by atoms with Crippen LogP contribution in [0.5, 0.6) is 11.5 Å². The highest BCUT2D eigenvalue weighted by atomic mass is 16.5. The number of piperazine rings is 1. The van der Waals surface area contributed by atoms with Gasteiger partial charge in [0.15, 0.2) is 17.3 Å². The number of aromatic nitrogens is 2. The van der Waals surface area contributed by atoms with Gasteiger partial charge in [-0.25, -0.2) is 0 Å². The van der Waals surface area contributed by atoms with Crippen LogP contribution >= 0.6 is 0 Å². The van der Waals surface area contributed by atoms with E-state index in [0.717, 1.165) is 31.7 Å². The summed E-state index contributed by atoms with van der Waals surface area (Å²) < 4.78 is 16.7. The topological polar surface area (TPSA) is 84.1 Å². The van der Waals surface area contributed by atoms with Crippen molar-refractivity contribution in [3.8, 4) is 23.0 Å². The van der Waals surface area contributed by atoms with Crippen molar-refractivity contribution >= 4 is 0 Å². The van der Waals surface area contributed by atoms with Crippen LogP contribution in [0, 0.1) is 0 Å². The lowest BCUT2D eigenvalue weighted by Gasteiger charge is -2.42. The van der Waals surface area contributed by atoms with E-state index >= 15 is 0 Å². The Balaban J connectivity index is 1.25. The van der Waals surface area contributed by atoms with Crippen molar-refractivity contribution in [3.63, 3.8) is 0 Å². The van der Waals surface area contributed by atoms with Crippen LogP contribution in [0.3, 0.4) is 0 Å². The van der Waals surface area contributed by atoms with Crippen molar-refractivity contribution in [1.29, 1.82) is 0 Å². The summed E-state index contributed by atoms with van der Waals surface area (Å²) >= 11 is 0. The second-order valence-corrected chi connectivity index (χ2v) is 10.6. The first-order chi connectivity index (χ1) is 17.2. The molecule has 4 rings (SSSR count). The van der Waals surface area contributed by atoms with Crippen LogP contribution in [0.15, 0.2) is 53.1 Å². The van der Waals surface area contributed by atoms with E-state index in [1.165, 1.54) is 5.56 Å². The summed E-state index contributed by atoms with van der Waals surface area (Å²) in [6, 6.07) is 15.9. The Morgan fingerprint density at radius 1 is 0.944 bits per heavy atom. The second-order valence-electron chi connectivity index (χ2n) is 10.6. The summed E-state index contributed by atoms with van der Waals surface area (Å²) in [5.41, 5.74) is 1.35. The molecule has 0 bridgehead atoms. The molecule has 0 spiro atoms. The molecule has 8 nitrogen and oxygen atoms in total. The number of ether oxygens (including phenoxy) is 2. The zero-order valence-electron chi connectivity index (χ0n) is 22.0. The van der Waals surface area contributed by atoms with E-state index in [-0.39, 0.29) is 5.41 Å². The Hall–Kier alpha value is -2.94. The van der Waals surface area contributed by atoms with E-state index in [9.17, 15) is 5.11 Å². The van der Waals surface area contributed by atoms with Crippen LogP contribution < -0.4 is 9.47 Å². The lowest BCUT2D eigenvalue weighted by Crippen LogP contribution is -2.56. The molecule has 1 aliphatic heterocycles. The number of para-hydroxylation sites is 2. The van der Waals surface area contributed by atoms with Gasteiger partial charge < -0.3 is 19.1 Å². The fourth-order valence-corrected chi connectivity index (χ4v) is 4.39. The van der Waals surface area contributed by atoms with Crippen LogP contribution in [-0.2, 0) is 12.0 Å². The Bertz CT molecular complexity index is 1110. The Labute approximate surface area is 213 Å². The summed E-state index contributed by atoms with van der Waals surface area (Å²) in [6.07, 6.45) is 0.493. The third-order valence-corrected chi connectivity index (χ3v) is 6.79. The minimum Gasteiger partial charge on any atom is -0.493 e.